The van der Waals surface area contributed by atoms with Crippen LogP contribution >= 0.6 is 0 Å². The number of carbonyl (C=O) groups is 1. The van der Waals surface area contributed by atoms with Gasteiger partial charge in [-0.05, 0) is 48.4 Å². The lowest BCUT2D eigenvalue weighted by molar-refractivity contribution is -0.127. The van der Waals surface area contributed by atoms with E-state index in [0.717, 1.165) is 22.6 Å². The highest BCUT2D eigenvalue weighted by Gasteiger charge is 2.14. The van der Waals surface area contributed by atoms with Crippen LogP contribution in [0.4, 0.5) is 0 Å². The van der Waals surface area contributed by atoms with Gasteiger partial charge in [-0.15, -0.1) is 0 Å². The highest BCUT2D eigenvalue weighted by molar-refractivity contribution is 5.80. The van der Waals surface area contributed by atoms with Crippen LogP contribution in [0.5, 0.6) is 11.5 Å². The van der Waals surface area contributed by atoms with E-state index in [1.165, 1.54) is 0 Å². The van der Waals surface area contributed by atoms with E-state index in [9.17, 15) is 4.79 Å². The van der Waals surface area contributed by atoms with Gasteiger partial charge in [-0.1, -0.05) is 24.3 Å². The molecule has 1 heterocycles. The first-order chi connectivity index (χ1) is 12.7. The van der Waals surface area contributed by atoms with Gasteiger partial charge in [0.2, 0.25) is 0 Å². The summed E-state index contributed by atoms with van der Waals surface area (Å²) < 4.78 is 10.8. The highest BCUT2D eigenvalue weighted by atomic mass is 16.5. The number of ether oxygens (including phenoxy) is 2. The minimum atomic E-state index is -0.590. The Hall–Kier alpha value is -3.28. The van der Waals surface area contributed by atoms with Crippen molar-refractivity contribution in [3.8, 4) is 22.8 Å². The molecular weight excluding hydrogens is 330 g/mol. The largest absolute Gasteiger partial charge is 0.497 e. The number of nitrogens with zero attached hydrogens (tertiary/aromatic N) is 1. The molecule has 3 rings (SSSR count). The summed E-state index contributed by atoms with van der Waals surface area (Å²) in [5, 5.41) is 9.75. The van der Waals surface area contributed by atoms with Crippen molar-refractivity contribution in [1.82, 2.24) is 15.5 Å². The maximum Gasteiger partial charge on any atom is 0.261 e. The molecule has 6 heteroatoms. The average molecular weight is 351 g/mol. The number of methoxy groups -OCH3 is 1. The van der Waals surface area contributed by atoms with Crippen molar-refractivity contribution in [2.24, 2.45) is 0 Å². The lowest BCUT2D eigenvalue weighted by Gasteiger charge is -2.15. The van der Waals surface area contributed by atoms with Crippen LogP contribution in [0.1, 0.15) is 12.5 Å². The van der Waals surface area contributed by atoms with Crippen LogP contribution in [-0.2, 0) is 11.3 Å². The van der Waals surface area contributed by atoms with Crippen LogP contribution in [-0.4, -0.2) is 29.3 Å². The van der Waals surface area contributed by atoms with Crippen molar-refractivity contribution in [3.63, 3.8) is 0 Å². The smallest absolute Gasteiger partial charge is 0.261 e. The number of rotatable bonds is 7. The number of aromatic nitrogens is 2. The van der Waals surface area contributed by atoms with Crippen molar-refractivity contribution in [3.05, 3.63) is 66.4 Å². The molecule has 1 aromatic heterocycles. The molecule has 0 radical (unpaired) electrons. The zero-order chi connectivity index (χ0) is 18.4. The first-order valence-corrected chi connectivity index (χ1v) is 8.33. The SMILES string of the molecule is COc1ccc(OC(C)C(=O)NCc2ccc(-c3ccn[nH]3)cc2)cc1. The molecule has 2 N–H and O–H groups in total. The number of carbonyl (C=O) groups excluding carboxylic acids is 1. The summed E-state index contributed by atoms with van der Waals surface area (Å²) in [5.74, 6) is 1.20. The minimum Gasteiger partial charge on any atom is -0.497 e. The van der Waals surface area contributed by atoms with Gasteiger partial charge in [-0.2, -0.15) is 5.10 Å². The number of amides is 1. The lowest BCUT2D eigenvalue weighted by atomic mass is 10.1. The van der Waals surface area contributed by atoms with Crippen molar-refractivity contribution >= 4 is 5.91 Å². The maximum absolute atomic E-state index is 12.2. The topological polar surface area (TPSA) is 76.2 Å². The summed E-state index contributed by atoms with van der Waals surface area (Å²) in [6.07, 6.45) is 1.13. The second kappa shape index (κ2) is 8.20. The first-order valence-electron chi connectivity index (χ1n) is 8.33. The molecule has 6 nitrogen and oxygen atoms in total. The maximum atomic E-state index is 12.2. The third-order valence-electron chi connectivity index (χ3n) is 3.97. The van der Waals surface area contributed by atoms with Gasteiger partial charge in [-0.3, -0.25) is 9.89 Å². The van der Waals surface area contributed by atoms with Crippen LogP contribution < -0.4 is 14.8 Å². The van der Waals surface area contributed by atoms with Crippen LogP contribution in [0.25, 0.3) is 11.3 Å². The van der Waals surface area contributed by atoms with Crippen LogP contribution in [0.15, 0.2) is 60.8 Å². The number of H-pyrrole nitrogens is 1. The molecule has 1 unspecified atom stereocenters. The van der Waals surface area contributed by atoms with Crippen LogP contribution in [0.3, 0.4) is 0 Å². The second-order valence-electron chi connectivity index (χ2n) is 5.82. The molecule has 2 aromatic carbocycles. The molecule has 0 aliphatic rings. The molecule has 0 aliphatic heterocycles. The van der Waals surface area contributed by atoms with Gasteiger partial charge in [0.25, 0.3) is 5.91 Å². The summed E-state index contributed by atoms with van der Waals surface area (Å²) >= 11 is 0. The van der Waals surface area contributed by atoms with Crippen molar-refractivity contribution in [2.75, 3.05) is 7.11 Å². The average Bonchev–Trinajstić information content (AvgIpc) is 3.22. The van der Waals surface area contributed by atoms with E-state index in [2.05, 4.69) is 15.5 Å². The van der Waals surface area contributed by atoms with Gasteiger partial charge in [0.15, 0.2) is 6.10 Å². The van der Waals surface area contributed by atoms with Gasteiger partial charge in [0.1, 0.15) is 11.5 Å². The molecule has 0 bridgehead atoms. The van der Waals surface area contributed by atoms with Crippen LogP contribution in [0.2, 0.25) is 0 Å². The van der Waals surface area contributed by atoms with E-state index >= 15 is 0 Å². The summed E-state index contributed by atoms with van der Waals surface area (Å²) in [6.45, 7) is 2.17. The molecule has 3 aromatic rings. The fourth-order valence-electron chi connectivity index (χ4n) is 2.46. The van der Waals surface area contributed by atoms with Gasteiger partial charge < -0.3 is 14.8 Å². The van der Waals surface area contributed by atoms with E-state index in [4.69, 9.17) is 9.47 Å². The van der Waals surface area contributed by atoms with Gasteiger partial charge >= 0.3 is 0 Å². The van der Waals surface area contributed by atoms with Gasteiger partial charge in [0, 0.05) is 12.7 Å². The Morgan fingerprint density at radius 3 is 2.38 bits per heavy atom. The Morgan fingerprint density at radius 2 is 1.77 bits per heavy atom. The van der Waals surface area contributed by atoms with Crippen molar-refractivity contribution in [1.29, 1.82) is 0 Å². The predicted octanol–water partition coefficient (Wildman–Crippen LogP) is 3.17. The number of aromatic amines is 1. The third-order valence-corrected chi connectivity index (χ3v) is 3.97. The standard InChI is InChI=1S/C20H21N3O3/c1-14(26-18-9-7-17(25-2)8-10-18)20(24)21-13-15-3-5-16(6-4-15)19-11-12-22-23-19/h3-12,14H,13H2,1-2H3,(H,21,24)(H,22,23). The van der Waals surface area contributed by atoms with Gasteiger partial charge in [-0.25, -0.2) is 0 Å². The Balaban J connectivity index is 1.51. The van der Waals surface area contributed by atoms with E-state index < -0.39 is 6.10 Å². The molecule has 1 atom stereocenters. The quantitative estimate of drug-likeness (QED) is 0.685. The zero-order valence-electron chi connectivity index (χ0n) is 14.7. The predicted molar refractivity (Wildman–Crippen MR) is 99.0 cm³/mol. The molecule has 0 spiro atoms. The molecular formula is C20H21N3O3. The number of nitrogens with one attached hydrogen (secondary N) is 2. The zero-order valence-corrected chi connectivity index (χ0v) is 14.7. The molecule has 26 heavy (non-hydrogen) atoms. The lowest BCUT2D eigenvalue weighted by Crippen LogP contribution is -2.35. The fraction of sp³-hybridized carbons (Fsp3) is 0.200. The molecule has 0 aliphatic carbocycles. The summed E-state index contributed by atoms with van der Waals surface area (Å²) in [7, 11) is 1.60. The monoisotopic (exact) mass is 351 g/mol. The molecule has 134 valence electrons. The number of hydrogen-bond donors (Lipinski definition) is 2. The molecule has 0 saturated carbocycles. The Kier molecular flexibility index (Phi) is 5.53. The normalized spacial score (nSPS) is 11.6. The molecule has 0 saturated heterocycles. The van der Waals surface area contributed by atoms with E-state index in [0.29, 0.717) is 12.3 Å². The summed E-state index contributed by atoms with van der Waals surface area (Å²) in [5.41, 5.74) is 3.02. The van der Waals surface area contributed by atoms with E-state index in [1.807, 2.05) is 30.3 Å². The first kappa shape index (κ1) is 17.5. The van der Waals surface area contributed by atoms with E-state index in [-0.39, 0.29) is 5.91 Å². The minimum absolute atomic E-state index is 0.168. The molecule has 0 fully saturated rings. The number of benzene rings is 2. The van der Waals surface area contributed by atoms with Crippen molar-refractivity contribution in [2.45, 2.75) is 19.6 Å². The highest BCUT2D eigenvalue weighted by Crippen LogP contribution is 2.18. The van der Waals surface area contributed by atoms with Crippen LogP contribution in [0, 0.1) is 0 Å². The molecule has 1 amide bonds. The fourth-order valence-corrected chi connectivity index (χ4v) is 2.46. The van der Waals surface area contributed by atoms with Gasteiger partial charge in [0.05, 0.1) is 12.8 Å². The summed E-state index contributed by atoms with van der Waals surface area (Å²) in [6, 6.07) is 17.0. The Morgan fingerprint density at radius 1 is 1.08 bits per heavy atom. The number of hydrogen-bond acceptors (Lipinski definition) is 4. The third kappa shape index (κ3) is 4.42. The van der Waals surface area contributed by atoms with Crippen molar-refractivity contribution < 1.29 is 14.3 Å². The summed E-state index contributed by atoms with van der Waals surface area (Å²) in [4.78, 5) is 12.2. The Labute approximate surface area is 152 Å². The Bertz CT molecular complexity index is 828. The second-order valence-corrected chi connectivity index (χ2v) is 5.82. The van der Waals surface area contributed by atoms with E-state index in [1.54, 1.807) is 44.5 Å².